The number of methoxy groups -OCH3 is 1. The molecule has 2 aromatic carbocycles. The lowest BCUT2D eigenvalue weighted by atomic mass is 10.0. The predicted molar refractivity (Wildman–Crippen MR) is 190 cm³/mol. The van der Waals surface area contributed by atoms with Gasteiger partial charge in [-0.1, -0.05) is 0 Å². The van der Waals surface area contributed by atoms with E-state index in [9.17, 15) is 4.57 Å². The van der Waals surface area contributed by atoms with Gasteiger partial charge in [0.1, 0.15) is 31.0 Å². The smallest absolute Gasteiger partial charge is 0.231 e. The molecular weight excluding hydrogens is 615 g/mol. The third kappa shape index (κ3) is 5.96. The molecule has 3 N–H and O–H groups in total. The average Bonchev–Trinajstić information content (AvgIpc) is 3.70. The van der Waals surface area contributed by atoms with Crippen molar-refractivity contribution in [1.82, 2.24) is 29.6 Å². The standard InChI is InChI=1S/C33H41N10O3P/c1-40-11-13-43(14-12-40)27-18-28(45-4)25(17-23(27)21-19-35-42(3)20-21)37-33-38-31-22(9-10-34-31)32(39-33)36-24-7-8-26-29(30(24)47(5,6)44)46-16-15-41(26)2/h7-10,17-20H,11-16H2,1-6H3,(H3,34,36,37,38,39). The summed E-state index contributed by atoms with van der Waals surface area (Å²) in [4.78, 5) is 19.8. The van der Waals surface area contributed by atoms with Crippen molar-refractivity contribution in [2.24, 2.45) is 7.05 Å². The number of aromatic nitrogens is 5. The van der Waals surface area contributed by atoms with E-state index in [0.29, 0.717) is 46.5 Å². The van der Waals surface area contributed by atoms with Gasteiger partial charge < -0.3 is 44.4 Å². The Balaban J connectivity index is 1.29. The zero-order valence-electron chi connectivity index (χ0n) is 27.7. The van der Waals surface area contributed by atoms with Gasteiger partial charge in [0.05, 0.1) is 47.6 Å². The van der Waals surface area contributed by atoms with Gasteiger partial charge in [-0.05, 0) is 44.6 Å². The zero-order valence-corrected chi connectivity index (χ0v) is 28.6. The molecule has 0 bridgehead atoms. The molecule has 13 nitrogen and oxygen atoms in total. The molecule has 5 aromatic rings. The highest BCUT2D eigenvalue weighted by atomic mass is 31.2. The molecular formula is C33H41N10O3P. The number of H-pyrrole nitrogens is 1. The highest BCUT2D eigenvalue weighted by Crippen LogP contribution is 2.47. The lowest BCUT2D eigenvalue weighted by molar-refractivity contribution is 0.313. The highest BCUT2D eigenvalue weighted by Gasteiger charge is 2.29. The molecule has 7 rings (SSSR count). The van der Waals surface area contributed by atoms with Gasteiger partial charge in [0, 0.05) is 75.5 Å². The van der Waals surface area contributed by atoms with Gasteiger partial charge in [-0.2, -0.15) is 15.1 Å². The maximum atomic E-state index is 13.7. The largest absolute Gasteiger partial charge is 0.494 e. The molecule has 14 heteroatoms. The van der Waals surface area contributed by atoms with Crippen LogP contribution in [0.4, 0.5) is 34.5 Å². The van der Waals surface area contributed by atoms with Crippen molar-refractivity contribution in [3.8, 4) is 22.6 Å². The number of nitrogens with one attached hydrogen (secondary N) is 3. The minimum atomic E-state index is -2.77. The van der Waals surface area contributed by atoms with Crippen LogP contribution in [0.2, 0.25) is 0 Å². The Kier molecular flexibility index (Phi) is 7.97. The first kappa shape index (κ1) is 30.9. The number of piperazine rings is 1. The van der Waals surface area contributed by atoms with Gasteiger partial charge in [0.15, 0.2) is 5.75 Å². The molecule has 246 valence electrons. The van der Waals surface area contributed by atoms with E-state index in [-0.39, 0.29) is 0 Å². The molecule has 0 saturated carbocycles. The lowest BCUT2D eigenvalue weighted by Crippen LogP contribution is -2.44. The van der Waals surface area contributed by atoms with E-state index < -0.39 is 7.14 Å². The van der Waals surface area contributed by atoms with Crippen LogP contribution in [0.1, 0.15) is 0 Å². The molecule has 0 aliphatic carbocycles. The summed E-state index contributed by atoms with van der Waals surface area (Å²) in [5.74, 6) is 2.27. The number of aromatic amines is 1. The molecule has 0 amide bonds. The minimum absolute atomic E-state index is 0.372. The van der Waals surface area contributed by atoms with E-state index in [1.807, 2.05) is 55.6 Å². The van der Waals surface area contributed by atoms with Crippen molar-refractivity contribution in [1.29, 1.82) is 0 Å². The molecule has 2 aliphatic rings. The molecule has 0 radical (unpaired) electrons. The summed E-state index contributed by atoms with van der Waals surface area (Å²) in [6.45, 7) is 8.62. The summed E-state index contributed by atoms with van der Waals surface area (Å²) in [5, 5.41) is 12.8. The van der Waals surface area contributed by atoms with Gasteiger partial charge >= 0.3 is 0 Å². The number of hydrogen-bond acceptors (Lipinski definition) is 11. The summed E-state index contributed by atoms with van der Waals surface area (Å²) in [6, 6.07) is 10.0. The van der Waals surface area contributed by atoms with Crippen LogP contribution in [-0.2, 0) is 11.6 Å². The molecule has 1 fully saturated rings. The fourth-order valence-corrected chi connectivity index (χ4v) is 7.70. The lowest BCUT2D eigenvalue weighted by Gasteiger charge is -2.35. The summed E-state index contributed by atoms with van der Waals surface area (Å²) in [5.41, 5.74) is 6.12. The second-order valence-corrected chi connectivity index (χ2v) is 15.7. The van der Waals surface area contributed by atoms with Crippen molar-refractivity contribution in [2.75, 3.05) is 94.3 Å². The van der Waals surface area contributed by atoms with E-state index in [0.717, 1.165) is 66.3 Å². The first-order valence-corrected chi connectivity index (χ1v) is 18.3. The van der Waals surface area contributed by atoms with Crippen molar-refractivity contribution in [3.63, 3.8) is 0 Å². The van der Waals surface area contributed by atoms with Crippen LogP contribution in [0.25, 0.3) is 22.2 Å². The number of anilines is 6. The SMILES string of the molecule is COc1cc(N2CCN(C)CC2)c(-c2cnn(C)c2)cc1Nc1nc(Nc2ccc3c(c2P(C)(C)=O)OCCN3C)c2cc[nH]c2n1. The van der Waals surface area contributed by atoms with Gasteiger partial charge in [-0.3, -0.25) is 4.68 Å². The molecule has 5 heterocycles. The Morgan fingerprint density at radius 1 is 0.957 bits per heavy atom. The number of rotatable bonds is 8. The van der Waals surface area contributed by atoms with E-state index in [4.69, 9.17) is 19.4 Å². The van der Waals surface area contributed by atoms with Crippen molar-refractivity contribution < 1.29 is 14.0 Å². The van der Waals surface area contributed by atoms with Crippen LogP contribution < -0.4 is 35.2 Å². The van der Waals surface area contributed by atoms with E-state index in [1.165, 1.54) is 0 Å². The monoisotopic (exact) mass is 656 g/mol. The van der Waals surface area contributed by atoms with E-state index in [2.05, 4.69) is 54.6 Å². The molecule has 0 spiro atoms. The van der Waals surface area contributed by atoms with Crippen LogP contribution in [0.15, 0.2) is 48.9 Å². The van der Waals surface area contributed by atoms with Crippen LogP contribution in [0, 0.1) is 0 Å². The number of hydrogen-bond donors (Lipinski definition) is 3. The zero-order chi connectivity index (χ0) is 32.9. The van der Waals surface area contributed by atoms with Gasteiger partial charge in [-0.15, -0.1) is 0 Å². The van der Waals surface area contributed by atoms with Crippen LogP contribution in [0.3, 0.4) is 0 Å². The fourth-order valence-electron chi connectivity index (χ4n) is 6.32. The van der Waals surface area contributed by atoms with Crippen LogP contribution in [0.5, 0.6) is 11.5 Å². The molecule has 47 heavy (non-hydrogen) atoms. The number of likely N-dealkylation sites (N-methyl/N-ethyl adjacent to an activating group) is 2. The Labute approximate surface area is 274 Å². The highest BCUT2D eigenvalue weighted by molar-refractivity contribution is 7.70. The predicted octanol–water partition coefficient (Wildman–Crippen LogP) is 4.68. The normalized spacial score (nSPS) is 15.4. The number of ether oxygens (including phenoxy) is 2. The minimum Gasteiger partial charge on any atom is -0.494 e. The number of nitrogens with zero attached hydrogens (tertiary/aromatic N) is 7. The van der Waals surface area contributed by atoms with Crippen LogP contribution >= 0.6 is 7.14 Å². The molecule has 0 atom stereocenters. The number of fused-ring (bicyclic) bond motifs is 2. The number of aryl methyl sites for hydroxylation is 1. The molecule has 1 saturated heterocycles. The summed E-state index contributed by atoms with van der Waals surface area (Å²) in [7, 11) is 5.00. The average molecular weight is 657 g/mol. The van der Waals surface area contributed by atoms with E-state index in [1.54, 1.807) is 20.4 Å². The van der Waals surface area contributed by atoms with Gasteiger partial charge in [0.25, 0.3) is 0 Å². The second kappa shape index (κ2) is 12.1. The van der Waals surface area contributed by atoms with Crippen LogP contribution in [-0.4, -0.2) is 103 Å². The Hall–Kier alpha value is -4.74. The second-order valence-electron chi connectivity index (χ2n) is 12.6. The fraction of sp³-hybridized carbons (Fsp3) is 0.364. The van der Waals surface area contributed by atoms with Crippen molar-refractivity contribution in [2.45, 2.75) is 0 Å². The Bertz CT molecular complexity index is 1990. The van der Waals surface area contributed by atoms with Crippen molar-refractivity contribution in [3.05, 3.63) is 48.9 Å². The molecule has 3 aromatic heterocycles. The summed E-state index contributed by atoms with van der Waals surface area (Å²) >= 11 is 0. The third-order valence-electron chi connectivity index (χ3n) is 8.83. The van der Waals surface area contributed by atoms with Gasteiger partial charge in [0.2, 0.25) is 5.95 Å². The topological polar surface area (TPSA) is 129 Å². The Morgan fingerprint density at radius 3 is 2.49 bits per heavy atom. The first-order chi connectivity index (χ1) is 22.6. The summed E-state index contributed by atoms with van der Waals surface area (Å²) < 4.78 is 27.5. The molecule has 0 unspecified atom stereocenters. The maximum absolute atomic E-state index is 13.7. The first-order valence-electron chi connectivity index (χ1n) is 15.7. The third-order valence-corrected chi connectivity index (χ3v) is 10.3. The molecule has 2 aliphatic heterocycles. The number of benzene rings is 2. The Morgan fingerprint density at radius 2 is 1.77 bits per heavy atom. The van der Waals surface area contributed by atoms with Crippen molar-refractivity contribution >= 4 is 58.0 Å². The maximum Gasteiger partial charge on any atom is 0.231 e. The quantitative estimate of drug-likeness (QED) is 0.202. The van der Waals surface area contributed by atoms with Gasteiger partial charge in [-0.25, -0.2) is 0 Å². The summed E-state index contributed by atoms with van der Waals surface area (Å²) in [6.07, 6.45) is 5.73. The van der Waals surface area contributed by atoms with E-state index >= 15 is 0 Å².